The Kier molecular flexibility index (Phi) is 3.22. The smallest absolute Gasteiger partial charge is 0.336 e. The molecule has 4 nitrogen and oxygen atoms in total. The quantitative estimate of drug-likeness (QED) is 0.709. The second-order valence-electron chi connectivity index (χ2n) is 4.17. The molecule has 3 N–H and O–H groups in total. The topological polar surface area (TPSA) is 69.6 Å². The van der Waals surface area contributed by atoms with Crippen molar-refractivity contribution in [2.75, 3.05) is 0 Å². The van der Waals surface area contributed by atoms with Crippen LogP contribution in [0.5, 0.6) is 0 Å². The monoisotopic (exact) mass is 221 g/mol. The average molecular weight is 221 g/mol. The minimum atomic E-state index is -0.897. The molecule has 4 heteroatoms. The van der Waals surface area contributed by atoms with Crippen molar-refractivity contribution in [3.05, 3.63) is 35.4 Å². The predicted molar refractivity (Wildman–Crippen MR) is 59.3 cm³/mol. The Morgan fingerprint density at radius 2 is 2.06 bits per heavy atom. The van der Waals surface area contributed by atoms with Crippen LogP contribution in [0, 0.1) is 0 Å². The molecule has 0 bridgehead atoms. The van der Waals surface area contributed by atoms with Crippen LogP contribution in [-0.2, 0) is 6.54 Å². The highest BCUT2D eigenvalue weighted by molar-refractivity contribution is 5.89. The summed E-state index contributed by atoms with van der Waals surface area (Å²) >= 11 is 0. The number of carbonyl (C=O) groups is 1. The zero-order valence-corrected chi connectivity index (χ0v) is 8.89. The van der Waals surface area contributed by atoms with Crippen molar-refractivity contribution < 1.29 is 15.0 Å². The molecule has 86 valence electrons. The number of hydrogen-bond acceptors (Lipinski definition) is 3. The van der Waals surface area contributed by atoms with Gasteiger partial charge in [-0.2, -0.15) is 0 Å². The van der Waals surface area contributed by atoms with Crippen molar-refractivity contribution in [2.45, 2.75) is 31.5 Å². The number of aliphatic hydroxyl groups excluding tert-OH is 1. The third-order valence-corrected chi connectivity index (χ3v) is 2.94. The minimum absolute atomic E-state index is 0.188. The summed E-state index contributed by atoms with van der Waals surface area (Å²) < 4.78 is 0. The van der Waals surface area contributed by atoms with E-state index in [0.717, 1.165) is 18.4 Å². The number of nitrogens with one attached hydrogen (secondary N) is 1. The molecule has 0 atom stereocenters. The molecule has 2 rings (SSSR count). The van der Waals surface area contributed by atoms with E-state index in [1.54, 1.807) is 12.1 Å². The Bertz CT molecular complexity index is 386. The lowest BCUT2D eigenvalue weighted by Crippen LogP contribution is -2.43. The SMILES string of the molecule is O=C(O)c1ccccc1CNC1CC(O)C1. The Morgan fingerprint density at radius 1 is 1.38 bits per heavy atom. The standard InChI is InChI=1S/C12H15NO3/c14-10-5-9(6-10)13-7-8-3-1-2-4-11(8)12(15)16/h1-4,9-10,13-14H,5-7H2,(H,15,16). The van der Waals surface area contributed by atoms with E-state index in [0.29, 0.717) is 18.2 Å². The molecule has 16 heavy (non-hydrogen) atoms. The molecule has 0 amide bonds. The van der Waals surface area contributed by atoms with Gasteiger partial charge in [-0.25, -0.2) is 4.79 Å². The minimum Gasteiger partial charge on any atom is -0.478 e. The second-order valence-corrected chi connectivity index (χ2v) is 4.17. The normalized spacial score (nSPS) is 23.8. The predicted octanol–water partition coefficient (Wildman–Crippen LogP) is 0.998. The van der Waals surface area contributed by atoms with Gasteiger partial charge in [-0.1, -0.05) is 18.2 Å². The Labute approximate surface area is 93.9 Å². The van der Waals surface area contributed by atoms with E-state index in [4.69, 9.17) is 10.2 Å². The fourth-order valence-electron chi connectivity index (χ4n) is 1.89. The van der Waals surface area contributed by atoms with Crippen molar-refractivity contribution in [1.29, 1.82) is 0 Å². The molecule has 1 aromatic carbocycles. The average Bonchev–Trinajstić information content (AvgIpc) is 2.23. The Balaban J connectivity index is 1.95. The summed E-state index contributed by atoms with van der Waals surface area (Å²) in [5.74, 6) is -0.897. The maximum absolute atomic E-state index is 10.9. The molecule has 1 fully saturated rings. The van der Waals surface area contributed by atoms with Gasteiger partial charge in [0.05, 0.1) is 11.7 Å². The van der Waals surface area contributed by atoms with Gasteiger partial charge in [-0.05, 0) is 24.5 Å². The van der Waals surface area contributed by atoms with Gasteiger partial charge in [0.1, 0.15) is 0 Å². The van der Waals surface area contributed by atoms with Crippen LogP contribution in [0.1, 0.15) is 28.8 Å². The number of aliphatic hydroxyl groups is 1. The zero-order valence-electron chi connectivity index (χ0n) is 8.89. The number of aromatic carboxylic acids is 1. The van der Waals surface area contributed by atoms with E-state index in [1.165, 1.54) is 0 Å². The number of benzene rings is 1. The number of hydrogen-bond donors (Lipinski definition) is 3. The lowest BCUT2D eigenvalue weighted by Gasteiger charge is -2.32. The Hall–Kier alpha value is -1.39. The van der Waals surface area contributed by atoms with E-state index in [-0.39, 0.29) is 6.10 Å². The summed E-state index contributed by atoms with van der Waals surface area (Å²) in [5.41, 5.74) is 1.13. The highest BCUT2D eigenvalue weighted by atomic mass is 16.4. The van der Waals surface area contributed by atoms with Crippen molar-refractivity contribution >= 4 is 5.97 Å². The molecular formula is C12H15NO3. The van der Waals surface area contributed by atoms with Gasteiger partial charge in [0.2, 0.25) is 0 Å². The van der Waals surface area contributed by atoms with Crippen LogP contribution in [0.25, 0.3) is 0 Å². The van der Waals surface area contributed by atoms with Gasteiger partial charge in [-0.15, -0.1) is 0 Å². The second kappa shape index (κ2) is 4.63. The largest absolute Gasteiger partial charge is 0.478 e. The van der Waals surface area contributed by atoms with Crippen LogP contribution in [0.2, 0.25) is 0 Å². The lowest BCUT2D eigenvalue weighted by molar-refractivity contribution is 0.0613. The first kappa shape index (κ1) is 11.1. The van der Waals surface area contributed by atoms with Gasteiger partial charge in [0.15, 0.2) is 0 Å². The molecular weight excluding hydrogens is 206 g/mol. The fraction of sp³-hybridized carbons (Fsp3) is 0.417. The molecule has 1 aliphatic rings. The van der Waals surface area contributed by atoms with Crippen molar-refractivity contribution in [1.82, 2.24) is 5.32 Å². The molecule has 1 aromatic rings. The van der Waals surface area contributed by atoms with Crippen LogP contribution in [0.4, 0.5) is 0 Å². The zero-order chi connectivity index (χ0) is 11.5. The van der Waals surface area contributed by atoms with Crippen LogP contribution in [0.3, 0.4) is 0 Å². The first-order valence-corrected chi connectivity index (χ1v) is 5.39. The molecule has 0 aromatic heterocycles. The van der Waals surface area contributed by atoms with Crippen LogP contribution in [-0.4, -0.2) is 28.3 Å². The lowest BCUT2D eigenvalue weighted by atomic mass is 9.89. The van der Waals surface area contributed by atoms with Crippen molar-refractivity contribution in [3.8, 4) is 0 Å². The molecule has 0 unspecified atom stereocenters. The fourth-order valence-corrected chi connectivity index (χ4v) is 1.89. The first-order chi connectivity index (χ1) is 7.66. The van der Waals surface area contributed by atoms with Crippen LogP contribution < -0.4 is 5.32 Å². The van der Waals surface area contributed by atoms with Gasteiger partial charge in [0, 0.05) is 12.6 Å². The third-order valence-electron chi connectivity index (χ3n) is 2.94. The summed E-state index contributed by atoms with van der Waals surface area (Å²) in [5, 5.41) is 21.3. The summed E-state index contributed by atoms with van der Waals surface area (Å²) in [4.78, 5) is 10.9. The summed E-state index contributed by atoms with van der Waals surface area (Å²) in [6.45, 7) is 0.542. The van der Waals surface area contributed by atoms with E-state index in [2.05, 4.69) is 5.32 Å². The molecule has 1 aliphatic carbocycles. The molecule has 0 aliphatic heterocycles. The summed E-state index contributed by atoms with van der Waals surface area (Å²) in [6, 6.07) is 7.29. The van der Waals surface area contributed by atoms with Crippen molar-refractivity contribution in [2.24, 2.45) is 0 Å². The highest BCUT2D eigenvalue weighted by Gasteiger charge is 2.26. The Morgan fingerprint density at radius 3 is 2.69 bits per heavy atom. The first-order valence-electron chi connectivity index (χ1n) is 5.39. The molecule has 0 spiro atoms. The van der Waals surface area contributed by atoms with E-state index in [9.17, 15) is 4.79 Å². The molecule has 0 radical (unpaired) electrons. The van der Waals surface area contributed by atoms with Crippen molar-refractivity contribution in [3.63, 3.8) is 0 Å². The van der Waals surface area contributed by atoms with E-state index < -0.39 is 5.97 Å². The van der Waals surface area contributed by atoms with E-state index in [1.807, 2.05) is 12.1 Å². The van der Waals surface area contributed by atoms with Crippen LogP contribution in [0.15, 0.2) is 24.3 Å². The summed E-state index contributed by atoms with van der Waals surface area (Å²) in [6.07, 6.45) is 1.33. The number of carboxylic acids is 1. The van der Waals surface area contributed by atoms with Gasteiger partial charge in [-0.3, -0.25) is 0 Å². The van der Waals surface area contributed by atoms with Gasteiger partial charge < -0.3 is 15.5 Å². The van der Waals surface area contributed by atoms with Crippen LogP contribution >= 0.6 is 0 Å². The third kappa shape index (κ3) is 2.40. The number of carboxylic acid groups (broad SMARTS) is 1. The molecule has 0 saturated heterocycles. The molecule has 1 saturated carbocycles. The maximum atomic E-state index is 10.9. The van der Waals surface area contributed by atoms with Gasteiger partial charge in [0.25, 0.3) is 0 Å². The highest BCUT2D eigenvalue weighted by Crippen LogP contribution is 2.20. The van der Waals surface area contributed by atoms with Gasteiger partial charge >= 0.3 is 5.97 Å². The van der Waals surface area contributed by atoms with E-state index >= 15 is 0 Å². The summed E-state index contributed by atoms with van der Waals surface area (Å²) in [7, 11) is 0. The maximum Gasteiger partial charge on any atom is 0.336 e. The molecule has 0 heterocycles. The number of rotatable bonds is 4.